The second-order valence-corrected chi connectivity index (χ2v) is 6.44. The lowest BCUT2D eigenvalue weighted by atomic mass is 10.2. The number of nitrogens with zero attached hydrogens (tertiary/aromatic N) is 2. The molecule has 0 bridgehead atoms. The Hall–Kier alpha value is -3.52. The fourth-order valence-electron chi connectivity index (χ4n) is 2.92. The summed E-state index contributed by atoms with van der Waals surface area (Å²) in [7, 11) is 4.76. The molecule has 0 saturated carbocycles. The van der Waals surface area contributed by atoms with Gasteiger partial charge in [-0.25, -0.2) is 9.99 Å². The number of ether oxygens (including phenoxy) is 2. The maximum Gasteiger partial charge on any atom is 0.303 e. The Labute approximate surface area is 168 Å². The predicted molar refractivity (Wildman–Crippen MR) is 107 cm³/mol. The van der Waals surface area contributed by atoms with Crippen molar-refractivity contribution < 1.29 is 23.8 Å². The molecule has 1 heterocycles. The van der Waals surface area contributed by atoms with Crippen molar-refractivity contribution in [3.8, 4) is 28.7 Å². The number of phenols is 1. The van der Waals surface area contributed by atoms with E-state index < -0.39 is 5.91 Å². The number of rotatable bonds is 7. The minimum atomic E-state index is -0.420. The molecule has 0 aliphatic rings. The van der Waals surface area contributed by atoms with Crippen molar-refractivity contribution in [2.75, 3.05) is 21.3 Å². The van der Waals surface area contributed by atoms with Crippen LogP contribution in [0.3, 0.4) is 0 Å². The van der Waals surface area contributed by atoms with Crippen molar-refractivity contribution in [3.05, 3.63) is 59.5 Å². The van der Waals surface area contributed by atoms with E-state index in [0.29, 0.717) is 35.2 Å². The molecular formula is C21H23N3O5. The van der Waals surface area contributed by atoms with Gasteiger partial charge in [0.1, 0.15) is 5.75 Å². The number of hydrazine groups is 1. The van der Waals surface area contributed by atoms with Crippen LogP contribution in [-0.4, -0.2) is 42.3 Å². The minimum absolute atomic E-state index is 0.0391. The molecule has 8 nitrogen and oxygen atoms in total. The Balaban J connectivity index is 1.72. The molecule has 1 amide bonds. The van der Waals surface area contributed by atoms with Gasteiger partial charge in [0.2, 0.25) is 11.7 Å². The van der Waals surface area contributed by atoms with Gasteiger partial charge in [0.15, 0.2) is 11.5 Å². The van der Waals surface area contributed by atoms with E-state index in [2.05, 4.69) is 10.4 Å². The fourth-order valence-corrected chi connectivity index (χ4v) is 2.92. The second-order valence-electron chi connectivity index (χ2n) is 6.44. The minimum Gasteiger partial charge on any atom is -0.504 e. The standard InChI is InChI=1S/C21H23N3O5/c1-13-19(29-21(22-13)15-7-5-6-8-17(15)27-3)20(26)23-24(2)12-14-9-10-18(28-4)16(25)11-14/h5-11,25H,12H2,1-4H3,(H,23,26). The van der Waals surface area contributed by atoms with Crippen LogP contribution in [-0.2, 0) is 6.54 Å². The van der Waals surface area contributed by atoms with Crippen LogP contribution in [0.4, 0.5) is 0 Å². The van der Waals surface area contributed by atoms with E-state index in [9.17, 15) is 9.90 Å². The van der Waals surface area contributed by atoms with Gasteiger partial charge in [-0.15, -0.1) is 0 Å². The fraction of sp³-hybridized carbons (Fsp3) is 0.238. The molecule has 2 N–H and O–H groups in total. The molecular weight excluding hydrogens is 374 g/mol. The summed E-state index contributed by atoms with van der Waals surface area (Å²) >= 11 is 0. The highest BCUT2D eigenvalue weighted by molar-refractivity contribution is 5.92. The first-order chi connectivity index (χ1) is 13.9. The van der Waals surface area contributed by atoms with Gasteiger partial charge in [-0.2, -0.15) is 0 Å². The van der Waals surface area contributed by atoms with Crippen molar-refractivity contribution in [1.29, 1.82) is 0 Å². The number of hydrogen-bond donors (Lipinski definition) is 2. The molecule has 0 saturated heterocycles. The number of amides is 1. The van der Waals surface area contributed by atoms with Crippen LogP contribution in [0.2, 0.25) is 0 Å². The Kier molecular flexibility index (Phi) is 6.04. The van der Waals surface area contributed by atoms with Gasteiger partial charge in [-0.1, -0.05) is 18.2 Å². The molecule has 3 rings (SSSR count). The number of nitrogens with one attached hydrogen (secondary N) is 1. The SMILES string of the molecule is COc1ccc(CN(C)NC(=O)c2oc(-c3ccccc3OC)nc2C)cc1O. The number of oxazole rings is 1. The Morgan fingerprint density at radius 2 is 1.90 bits per heavy atom. The monoisotopic (exact) mass is 397 g/mol. The molecule has 0 aliphatic carbocycles. The summed E-state index contributed by atoms with van der Waals surface area (Å²) in [5.74, 6) is 1.05. The van der Waals surface area contributed by atoms with Gasteiger partial charge in [0.05, 0.1) is 25.5 Å². The third-order valence-corrected chi connectivity index (χ3v) is 4.30. The Morgan fingerprint density at radius 1 is 1.17 bits per heavy atom. The highest BCUT2D eigenvalue weighted by Gasteiger charge is 2.21. The maximum atomic E-state index is 12.6. The first-order valence-electron chi connectivity index (χ1n) is 8.91. The molecule has 0 spiro atoms. The summed E-state index contributed by atoms with van der Waals surface area (Å²) in [6.45, 7) is 2.08. The molecule has 0 atom stereocenters. The van der Waals surface area contributed by atoms with Crippen molar-refractivity contribution >= 4 is 5.91 Å². The molecule has 8 heteroatoms. The van der Waals surface area contributed by atoms with E-state index in [1.165, 1.54) is 7.11 Å². The summed E-state index contributed by atoms with van der Waals surface area (Å²) < 4.78 is 16.1. The summed E-state index contributed by atoms with van der Waals surface area (Å²) in [6.07, 6.45) is 0. The number of benzene rings is 2. The molecule has 152 valence electrons. The van der Waals surface area contributed by atoms with Crippen molar-refractivity contribution in [1.82, 2.24) is 15.4 Å². The van der Waals surface area contributed by atoms with E-state index in [1.54, 1.807) is 50.4 Å². The smallest absolute Gasteiger partial charge is 0.303 e. The summed E-state index contributed by atoms with van der Waals surface area (Å²) in [4.78, 5) is 17.0. The van der Waals surface area contributed by atoms with Gasteiger partial charge in [0.25, 0.3) is 0 Å². The lowest BCUT2D eigenvalue weighted by Crippen LogP contribution is -2.38. The molecule has 1 aromatic heterocycles. The Morgan fingerprint density at radius 3 is 2.59 bits per heavy atom. The van der Waals surface area contributed by atoms with Gasteiger partial charge in [-0.3, -0.25) is 10.2 Å². The van der Waals surface area contributed by atoms with Gasteiger partial charge >= 0.3 is 5.91 Å². The number of methoxy groups -OCH3 is 2. The summed E-state index contributed by atoms with van der Waals surface area (Å²) in [5, 5.41) is 11.5. The van der Waals surface area contributed by atoms with E-state index in [1.807, 2.05) is 18.2 Å². The third kappa shape index (κ3) is 4.49. The maximum absolute atomic E-state index is 12.6. The predicted octanol–water partition coefficient (Wildman–Crippen LogP) is 3.15. The first kappa shape index (κ1) is 20.2. The molecule has 3 aromatic rings. The van der Waals surface area contributed by atoms with Gasteiger partial charge < -0.3 is 19.0 Å². The number of phenolic OH excluding ortho intramolecular Hbond substituents is 1. The second kappa shape index (κ2) is 8.66. The number of aromatic hydroxyl groups is 1. The van der Waals surface area contributed by atoms with Crippen molar-refractivity contribution in [2.24, 2.45) is 0 Å². The van der Waals surface area contributed by atoms with Crippen LogP contribution in [0.25, 0.3) is 11.5 Å². The molecule has 0 radical (unpaired) electrons. The molecule has 29 heavy (non-hydrogen) atoms. The number of carbonyl (C=O) groups is 1. The molecule has 2 aromatic carbocycles. The zero-order chi connectivity index (χ0) is 21.0. The van der Waals surface area contributed by atoms with E-state index in [4.69, 9.17) is 13.9 Å². The lowest BCUT2D eigenvalue weighted by molar-refractivity contribution is 0.0790. The average Bonchev–Trinajstić information content (AvgIpc) is 3.09. The quantitative estimate of drug-likeness (QED) is 0.591. The number of hydrogen-bond acceptors (Lipinski definition) is 7. The molecule has 0 aliphatic heterocycles. The van der Waals surface area contributed by atoms with Crippen molar-refractivity contribution in [3.63, 3.8) is 0 Å². The van der Waals surface area contributed by atoms with Crippen LogP contribution in [0.5, 0.6) is 17.2 Å². The number of para-hydroxylation sites is 1. The number of aromatic nitrogens is 1. The summed E-state index contributed by atoms with van der Waals surface area (Å²) in [5.41, 5.74) is 4.68. The highest BCUT2D eigenvalue weighted by Crippen LogP contribution is 2.30. The van der Waals surface area contributed by atoms with Crippen molar-refractivity contribution in [2.45, 2.75) is 13.5 Å². The zero-order valence-electron chi connectivity index (χ0n) is 16.7. The normalized spacial score (nSPS) is 10.8. The Bertz CT molecular complexity index is 1020. The van der Waals surface area contributed by atoms with Crippen LogP contribution in [0, 0.1) is 6.92 Å². The average molecular weight is 397 g/mol. The largest absolute Gasteiger partial charge is 0.504 e. The molecule has 0 fully saturated rings. The van der Waals surface area contributed by atoms with Crippen LogP contribution < -0.4 is 14.9 Å². The number of carbonyl (C=O) groups excluding carboxylic acids is 1. The third-order valence-electron chi connectivity index (χ3n) is 4.30. The van der Waals surface area contributed by atoms with E-state index in [-0.39, 0.29) is 11.5 Å². The lowest BCUT2D eigenvalue weighted by Gasteiger charge is -2.18. The summed E-state index contributed by atoms with van der Waals surface area (Å²) in [6, 6.07) is 12.4. The van der Waals surface area contributed by atoms with E-state index >= 15 is 0 Å². The van der Waals surface area contributed by atoms with Gasteiger partial charge in [-0.05, 0) is 36.8 Å². The van der Waals surface area contributed by atoms with Gasteiger partial charge in [0, 0.05) is 13.6 Å². The topological polar surface area (TPSA) is 97.1 Å². The molecule has 0 unspecified atom stereocenters. The first-order valence-corrected chi connectivity index (χ1v) is 8.91. The van der Waals surface area contributed by atoms with E-state index in [0.717, 1.165) is 5.56 Å². The highest BCUT2D eigenvalue weighted by atomic mass is 16.5. The number of aryl methyl sites for hydroxylation is 1. The van der Waals surface area contributed by atoms with Crippen LogP contribution >= 0.6 is 0 Å². The van der Waals surface area contributed by atoms with Crippen LogP contribution in [0.15, 0.2) is 46.9 Å². The van der Waals surface area contributed by atoms with Crippen LogP contribution in [0.1, 0.15) is 21.8 Å². The zero-order valence-corrected chi connectivity index (χ0v) is 16.7.